The van der Waals surface area contributed by atoms with Crippen LogP contribution in [0.5, 0.6) is 5.75 Å². The molecule has 0 radical (unpaired) electrons. The van der Waals surface area contributed by atoms with E-state index in [0.29, 0.717) is 6.42 Å². The fourth-order valence-corrected chi connectivity index (χ4v) is 3.15. The summed E-state index contributed by atoms with van der Waals surface area (Å²) in [6.07, 6.45) is 0.104. The summed E-state index contributed by atoms with van der Waals surface area (Å²) < 4.78 is 5.99. The maximum absolute atomic E-state index is 12.7. The average molecular weight is 343 g/mol. The molecule has 1 atom stereocenters. The molecule has 2 aromatic rings. The van der Waals surface area contributed by atoms with E-state index in [9.17, 15) is 4.79 Å². The molecule has 0 aliphatic heterocycles. The molecular weight excluding hydrogens is 318 g/mol. The topological polar surface area (TPSA) is 38.3 Å². The standard InChI is InChI=1S/C20H25NO2S/c1-5-17(23-18-12-9-10-14(3)15(18)4)20(22)21-16-11-7-8-13-19(16)24-6-2/h7-13,17H,5-6H2,1-4H3,(H,21,22)/t17-/m1/s1. The van der Waals surface area contributed by atoms with Gasteiger partial charge < -0.3 is 10.1 Å². The van der Waals surface area contributed by atoms with Crippen molar-refractivity contribution in [2.45, 2.75) is 45.1 Å². The molecule has 0 aliphatic carbocycles. The van der Waals surface area contributed by atoms with E-state index in [4.69, 9.17) is 4.74 Å². The van der Waals surface area contributed by atoms with Gasteiger partial charge in [-0.3, -0.25) is 4.79 Å². The highest BCUT2D eigenvalue weighted by Gasteiger charge is 2.20. The molecule has 3 nitrogen and oxygen atoms in total. The second kappa shape index (κ2) is 8.78. The molecule has 0 saturated carbocycles. The lowest BCUT2D eigenvalue weighted by Crippen LogP contribution is -2.32. The van der Waals surface area contributed by atoms with E-state index in [2.05, 4.69) is 12.2 Å². The van der Waals surface area contributed by atoms with Crippen LogP contribution in [-0.2, 0) is 4.79 Å². The number of hydrogen-bond acceptors (Lipinski definition) is 3. The van der Waals surface area contributed by atoms with E-state index in [-0.39, 0.29) is 5.91 Å². The Hall–Kier alpha value is -1.94. The first-order chi connectivity index (χ1) is 11.6. The molecule has 0 saturated heterocycles. The van der Waals surface area contributed by atoms with Crippen LogP contribution in [0.25, 0.3) is 0 Å². The number of hydrogen-bond donors (Lipinski definition) is 1. The number of aryl methyl sites for hydroxylation is 1. The minimum atomic E-state index is -0.509. The van der Waals surface area contributed by atoms with Crippen LogP contribution in [0.3, 0.4) is 0 Å². The predicted molar refractivity (Wildman–Crippen MR) is 102 cm³/mol. The Balaban J connectivity index is 2.13. The van der Waals surface area contributed by atoms with E-state index < -0.39 is 6.10 Å². The molecule has 2 aromatic carbocycles. The summed E-state index contributed by atoms with van der Waals surface area (Å²) in [5, 5.41) is 3.02. The van der Waals surface area contributed by atoms with Gasteiger partial charge in [-0.25, -0.2) is 0 Å². The van der Waals surface area contributed by atoms with Gasteiger partial charge in [0.25, 0.3) is 5.91 Å². The zero-order chi connectivity index (χ0) is 17.5. The molecule has 4 heteroatoms. The van der Waals surface area contributed by atoms with Crippen LogP contribution < -0.4 is 10.1 Å². The van der Waals surface area contributed by atoms with Crippen molar-refractivity contribution in [1.29, 1.82) is 0 Å². The fourth-order valence-electron chi connectivity index (χ4n) is 2.39. The van der Waals surface area contributed by atoms with Crippen LogP contribution in [0.15, 0.2) is 47.4 Å². The Morgan fingerprint density at radius 2 is 1.88 bits per heavy atom. The quantitative estimate of drug-likeness (QED) is 0.701. The van der Waals surface area contributed by atoms with Crippen molar-refractivity contribution in [1.82, 2.24) is 0 Å². The fraction of sp³-hybridized carbons (Fsp3) is 0.350. The number of benzene rings is 2. The van der Waals surface area contributed by atoms with E-state index in [0.717, 1.165) is 33.2 Å². The molecule has 2 rings (SSSR count). The number of carbonyl (C=O) groups is 1. The third-order valence-electron chi connectivity index (χ3n) is 3.93. The van der Waals surface area contributed by atoms with Crippen molar-refractivity contribution in [2.75, 3.05) is 11.1 Å². The Labute approximate surface area is 148 Å². The molecule has 1 N–H and O–H groups in total. The Morgan fingerprint density at radius 1 is 1.12 bits per heavy atom. The van der Waals surface area contributed by atoms with Gasteiger partial charge in [0.05, 0.1) is 5.69 Å². The second-order valence-electron chi connectivity index (χ2n) is 5.63. The molecule has 0 fully saturated rings. The molecular formula is C20H25NO2S. The highest BCUT2D eigenvalue weighted by Crippen LogP contribution is 2.27. The Kier molecular flexibility index (Phi) is 6.73. The molecule has 0 bridgehead atoms. The summed E-state index contributed by atoms with van der Waals surface area (Å²) in [5.74, 6) is 1.62. The van der Waals surface area contributed by atoms with Gasteiger partial charge in [0.1, 0.15) is 5.75 Å². The van der Waals surface area contributed by atoms with Gasteiger partial charge in [-0.15, -0.1) is 11.8 Å². The van der Waals surface area contributed by atoms with Gasteiger partial charge in [0.15, 0.2) is 6.10 Å². The maximum Gasteiger partial charge on any atom is 0.265 e. The van der Waals surface area contributed by atoms with Crippen LogP contribution in [-0.4, -0.2) is 17.8 Å². The van der Waals surface area contributed by atoms with Crippen LogP contribution in [0, 0.1) is 13.8 Å². The first-order valence-corrected chi connectivity index (χ1v) is 9.30. The number of thioether (sulfide) groups is 1. The minimum absolute atomic E-state index is 0.109. The molecule has 0 aliphatic rings. The van der Waals surface area contributed by atoms with Crippen LogP contribution in [0.4, 0.5) is 5.69 Å². The van der Waals surface area contributed by atoms with Gasteiger partial charge in [-0.1, -0.05) is 38.1 Å². The van der Waals surface area contributed by atoms with E-state index in [1.54, 1.807) is 11.8 Å². The number of rotatable bonds is 7. The normalized spacial score (nSPS) is 11.8. The molecule has 0 unspecified atom stereocenters. The van der Waals surface area contributed by atoms with Crippen molar-refractivity contribution < 1.29 is 9.53 Å². The zero-order valence-corrected chi connectivity index (χ0v) is 15.6. The summed E-state index contributed by atoms with van der Waals surface area (Å²) in [7, 11) is 0. The number of anilines is 1. The Bertz CT molecular complexity index is 700. The van der Waals surface area contributed by atoms with Gasteiger partial charge in [0, 0.05) is 4.90 Å². The first-order valence-electron chi connectivity index (χ1n) is 8.32. The van der Waals surface area contributed by atoms with E-state index in [1.807, 2.05) is 63.2 Å². The second-order valence-corrected chi connectivity index (χ2v) is 6.94. The summed E-state index contributed by atoms with van der Waals surface area (Å²) in [6, 6.07) is 13.8. The van der Waals surface area contributed by atoms with Crippen molar-refractivity contribution >= 4 is 23.4 Å². The molecule has 0 spiro atoms. The van der Waals surface area contributed by atoms with E-state index in [1.165, 1.54) is 0 Å². The van der Waals surface area contributed by atoms with Gasteiger partial charge in [-0.2, -0.15) is 0 Å². The highest BCUT2D eigenvalue weighted by molar-refractivity contribution is 7.99. The predicted octanol–water partition coefficient (Wildman–Crippen LogP) is 5.21. The Morgan fingerprint density at radius 3 is 2.58 bits per heavy atom. The van der Waals surface area contributed by atoms with Gasteiger partial charge in [-0.05, 0) is 55.3 Å². The molecule has 0 aromatic heterocycles. The largest absolute Gasteiger partial charge is 0.480 e. The highest BCUT2D eigenvalue weighted by atomic mass is 32.2. The van der Waals surface area contributed by atoms with E-state index >= 15 is 0 Å². The SMILES string of the molecule is CCSc1ccccc1NC(=O)[C@@H](CC)Oc1cccc(C)c1C. The van der Waals surface area contributed by atoms with Crippen molar-refractivity contribution in [3.63, 3.8) is 0 Å². The molecule has 24 heavy (non-hydrogen) atoms. The maximum atomic E-state index is 12.7. The first kappa shape index (κ1) is 18.4. The van der Waals surface area contributed by atoms with Gasteiger partial charge in [0.2, 0.25) is 0 Å². The van der Waals surface area contributed by atoms with Crippen LogP contribution in [0.2, 0.25) is 0 Å². The number of ether oxygens (including phenoxy) is 1. The summed E-state index contributed by atoms with van der Waals surface area (Å²) in [4.78, 5) is 13.7. The van der Waals surface area contributed by atoms with Gasteiger partial charge >= 0.3 is 0 Å². The average Bonchev–Trinajstić information content (AvgIpc) is 2.58. The molecule has 0 heterocycles. The third kappa shape index (κ3) is 4.54. The monoisotopic (exact) mass is 343 g/mol. The van der Waals surface area contributed by atoms with Crippen molar-refractivity contribution in [2.24, 2.45) is 0 Å². The van der Waals surface area contributed by atoms with Crippen molar-refractivity contribution in [3.05, 3.63) is 53.6 Å². The smallest absolute Gasteiger partial charge is 0.265 e. The minimum Gasteiger partial charge on any atom is -0.480 e. The number of amides is 1. The number of carbonyl (C=O) groups excluding carboxylic acids is 1. The lowest BCUT2D eigenvalue weighted by molar-refractivity contribution is -0.122. The summed E-state index contributed by atoms with van der Waals surface area (Å²) in [6.45, 7) is 8.12. The summed E-state index contributed by atoms with van der Waals surface area (Å²) >= 11 is 1.72. The lowest BCUT2D eigenvalue weighted by atomic mass is 10.1. The summed E-state index contributed by atoms with van der Waals surface area (Å²) in [5.41, 5.74) is 3.08. The van der Waals surface area contributed by atoms with Crippen LogP contribution in [0.1, 0.15) is 31.4 Å². The zero-order valence-electron chi connectivity index (χ0n) is 14.8. The van der Waals surface area contributed by atoms with Crippen LogP contribution >= 0.6 is 11.8 Å². The molecule has 128 valence electrons. The number of para-hydroxylation sites is 1. The lowest BCUT2D eigenvalue weighted by Gasteiger charge is -2.20. The number of nitrogens with one attached hydrogen (secondary N) is 1. The third-order valence-corrected chi connectivity index (χ3v) is 4.89. The van der Waals surface area contributed by atoms with Crippen molar-refractivity contribution in [3.8, 4) is 5.75 Å². The molecule has 1 amide bonds.